The van der Waals surface area contributed by atoms with Crippen LogP contribution in [0.25, 0.3) is 0 Å². The molecule has 200 valence electrons. The van der Waals surface area contributed by atoms with Crippen molar-refractivity contribution >= 4 is 6.29 Å². The third-order valence-corrected chi connectivity index (χ3v) is 4.47. The lowest BCUT2D eigenvalue weighted by Gasteiger charge is -2.08. The number of benzene rings is 1. The van der Waals surface area contributed by atoms with Gasteiger partial charge in [-0.3, -0.25) is 0 Å². The number of hydrogen-bond acceptors (Lipinski definition) is 7. The van der Waals surface area contributed by atoms with E-state index in [1.807, 2.05) is 38.1 Å². The van der Waals surface area contributed by atoms with Crippen molar-refractivity contribution in [2.75, 3.05) is 60.5 Å². The van der Waals surface area contributed by atoms with Crippen LogP contribution < -0.4 is 10.5 Å². The maximum absolute atomic E-state index is 10.2. The molecule has 1 aromatic carbocycles. The van der Waals surface area contributed by atoms with Crippen molar-refractivity contribution in [3.8, 4) is 5.75 Å². The molecule has 34 heavy (non-hydrogen) atoms. The minimum Gasteiger partial charge on any atom is -0.494 e. The summed E-state index contributed by atoms with van der Waals surface area (Å²) in [4.78, 5) is 10.2. The second-order valence-electron chi connectivity index (χ2n) is 7.37. The summed E-state index contributed by atoms with van der Waals surface area (Å²) in [6, 6.07) is 7.96. The fourth-order valence-electron chi connectivity index (χ4n) is 2.72. The zero-order valence-electron chi connectivity index (χ0n) is 22.2. The summed E-state index contributed by atoms with van der Waals surface area (Å²) in [5.74, 6) is 0.908. The van der Waals surface area contributed by atoms with Gasteiger partial charge >= 0.3 is 0 Å². The summed E-state index contributed by atoms with van der Waals surface area (Å²) >= 11 is 0. The van der Waals surface area contributed by atoms with Gasteiger partial charge < -0.3 is 34.2 Å². The van der Waals surface area contributed by atoms with Crippen LogP contribution in [0.15, 0.2) is 24.3 Å². The van der Waals surface area contributed by atoms with Crippen LogP contribution in [0.4, 0.5) is 0 Å². The van der Waals surface area contributed by atoms with Crippen molar-refractivity contribution in [2.45, 2.75) is 71.8 Å². The first-order valence-electron chi connectivity index (χ1n) is 12.8. The maximum atomic E-state index is 10.2. The molecule has 0 bridgehead atoms. The SMILES string of the molecule is CC.COC.NCc1ccc(OCCCCCCOCCOCCOCCCCCC=O)cc1. The minimum atomic E-state index is 0.563. The van der Waals surface area contributed by atoms with Crippen molar-refractivity contribution in [2.24, 2.45) is 5.73 Å². The van der Waals surface area contributed by atoms with Gasteiger partial charge in [0.15, 0.2) is 0 Å². The molecule has 1 aromatic rings. The summed E-state index contributed by atoms with van der Waals surface area (Å²) in [5, 5.41) is 0. The molecule has 0 saturated heterocycles. The first-order valence-corrected chi connectivity index (χ1v) is 12.8. The highest BCUT2D eigenvalue weighted by atomic mass is 16.5. The van der Waals surface area contributed by atoms with Gasteiger partial charge in [0.2, 0.25) is 0 Å². The summed E-state index contributed by atoms with van der Waals surface area (Å²) < 4.78 is 26.5. The molecule has 0 radical (unpaired) electrons. The molecule has 0 unspecified atom stereocenters. The van der Waals surface area contributed by atoms with E-state index in [1.165, 1.54) is 0 Å². The van der Waals surface area contributed by atoms with Gasteiger partial charge in [0, 0.05) is 40.4 Å². The summed E-state index contributed by atoms with van der Waals surface area (Å²) in [6.45, 7) is 9.30. The predicted molar refractivity (Wildman–Crippen MR) is 140 cm³/mol. The maximum Gasteiger partial charge on any atom is 0.119 e. The van der Waals surface area contributed by atoms with Crippen LogP contribution in [0.3, 0.4) is 0 Å². The molecule has 0 aliphatic carbocycles. The molecule has 0 amide bonds. The third-order valence-electron chi connectivity index (χ3n) is 4.47. The second-order valence-corrected chi connectivity index (χ2v) is 7.37. The van der Waals surface area contributed by atoms with E-state index >= 15 is 0 Å². The smallest absolute Gasteiger partial charge is 0.119 e. The first-order chi connectivity index (χ1) is 16.8. The van der Waals surface area contributed by atoms with Crippen molar-refractivity contribution in [3.63, 3.8) is 0 Å². The number of rotatable bonds is 21. The summed E-state index contributed by atoms with van der Waals surface area (Å²) in [5.41, 5.74) is 6.70. The van der Waals surface area contributed by atoms with Crippen LogP contribution in [0.5, 0.6) is 5.75 Å². The lowest BCUT2D eigenvalue weighted by molar-refractivity contribution is -0.107. The molecular formula is C27H51NO6. The van der Waals surface area contributed by atoms with E-state index in [9.17, 15) is 4.79 Å². The Kier molecular flexibility index (Phi) is 32.1. The average Bonchev–Trinajstić information content (AvgIpc) is 2.87. The number of hydrogen-bond donors (Lipinski definition) is 1. The Labute approximate surface area is 208 Å². The predicted octanol–water partition coefficient (Wildman–Crippen LogP) is 5.18. The van der Waals surface area contributed by atoms with E-state index in [4.69, 9.17) is 24.7 Å². The van der Waals surface area contributed by atoms with Crippen LogP contribution in [-0.4, -0.2) is 66.8 Å². The topological polar surface area (TPSA) is 89.2 Å². The van der Waals surface area contributed by atoms with E-state index in [-0.39, 0.29) is 0 Å². The van der Waals surface area contributed by atoms with Crippen LogP contribution in [0, 0.1) is 0 Å². The molecule has 0 heterocycles. The van der Waals surface area contributed by atoms with E-state index < -0.39 is 0 Å². The molecule has 0 spiro atoms. The highest BCUT2D eigenvalue weighted by Gasteiger charge is 1.96. The van der Waals surface area contributed by atoms with E-state index in [2.05, 4.69) is 4.74 Å². The van der Waals surface area contributed by atoms with Gasteiger partial charge in [0.25, 0.3) is 0 Å². The molecule has 1 rings (SSSR count). The van der Waals surface area contributed by atoms with Crippen LogP contribution in [0.1, 0.15) is 70.8 Å². The fraction of sp³-hybridized carbons (Fsp3) is 0.741. The van der Waals surface area contributed by atoms with Gasteiger partial charge in [-0.25, -0.2) is 0 Å². The molecule has 0 fully saturated rings. The van der Waals surface area contributed by atoms with Crippen molar-refractivity contribution in [3.05, 3.63) is 29.8 Å². The number of nitrogens with two attached hydrogens (primary N) is 1. The quantitative estimate of drug-likeness (QED) is 0.189. The van der Waals surface area contributed by atoms with E-state index in [1.54, 1.807) is 14.2 Å². The number of ether oxygens (including phenoxy) is 5. The molecule has 7 nitrogen and oxygen atoms in total. The van der Waals surface area contributed by atoms with Crippen molar-refractivity contribution < 1.29 is 28.5 Å². The van der Waals surface area contributed by atoms with Crippen LogP contribution in [-0.2, 0) is 30.3 Å². The normalized spacial score (nSPS) is 10.0. The Morgan fingerprint density at radius 3 is 1.59 bits per heavy atom. The highest BCUT2D eigenvalue weighted by Crippen LogP contribution is 2.12. The molecule has 0 aliphatic heterocycles. The molecule has 0 aromatic heterocycles. The molecule has 0 atom stereocenters. The molecular weight excluding hydrogens is 434 g/mol. The van der Waals surface area contributed by atoms with E-state index in [0.29, 0.717) is 39.4 Å². The first kappa shape index (κ1) is 34.7. The lowest BCUT2D eigenvalue weighted by Crippen LogP contribution is -2.10. The van der Waals surface area contributed by atoms with Gasteiger partial charge in [-0.2, -0.15) is 0 Å². The number of aldehydes is 1. The number of unbranched alkanes of at least 4 members (excludes halogenated alkanes) is 6. The summed E-state index contributed by atoms with van der Waals surface area (Å²) in [6.07, 6.45) is 9.05. The number of carbonyl (C=O) groups excluding carboxylic acids is 1. The zero-order chi connectivity index (χ0) is 25.5. The Morgan fingerprint density at radius 2 is 1.12 bits per heavy atom. The minimum absolute atomic E-state index is 0.563. The van der Waals surface area contributed by atoms with Gasteiger partial charge in [-0.1, -0.05) is 38.8 Å². The van der Waals surface area contributed by atoms with Gasteiger partial charge in [-0.05, 0) is 49.8 Å². The molecule has 0 aliphatic rings. The number of methoxy groups -OCH3 is 1. The Morgan fingerprint density at radius 1 is 0.676 bits per heavy atom. The number of carbonyl (C=O) groups is 1. The Bertz CT molecular complexity index is 498. The zero-order valence-corrected chi connectivity index (χ0v) is 22.2. The highest BCUT2D eigenvalue weighted by molar-refractivity contribution is 5.48. The molecule has 0 saturated carbocycles. The van der Waals surface area contributed by atoms with Crippen LogP contribution in [0.2, 0.25) is 0 Å². The van der Waals surface area contributed by atoms with Gasteiger partial charge in [-0.15, -0.1) is 0 Å². The van der Waals surface area contributed by atoms with Crippen molar-refractivity contribution in [1.29, 1.82) is 0 Å². The summed E-state index contributed by atoms with van der Waals surface area (Å²) in [7, 11) is 3.25. The second kappa shape index (κ2) is 31.5. The fourth-order valence-corrected chi connectivity index (χ4v) is 2.72. The van der Waals surface area contributed by atoms with Crippen molar-refractivity contribution in [1.82, 2.24) is 0 Å². The monoisotopic (exact) mass is 485 g/mol. The average molecular weight is 486 g/mol. The third kappa shape index (κ3) is 26.7. The standard InChI is InChI=1S/C23H39NO5.C2H6O.C2H6/c24-21-22-9-11-23(12-10-22)29-16-8-4-3-7-15-27-18-20-28-19-17-26-14-6-2-1-5-13-25;1-3-2;1-2/h9-13H,1-8,14-21,24H2;1-2H3;1-2H3. The van der Waals surface area contributed by atoms with Gasteiger partial charge in [0.1, 0.15) is 12.0 Å². The molecule has 7 heteroatoms. The Hall–Kier alpha value is -1.51. The van der Waals surface area contributed by atoms with Crippen LogP contribution >= 0.6 is 0 Å². The largest absolute Gasteiger partial charge is 0.494 e. The van der Waals surface area contributed by atoms with E-state index in [0.717, 1.165) is 82.4 Å². The molecule has 2 N–H and O–H groups in total. The lowest BCUT2D eigenvalue weighted by atomic mass is 10.2. The van der Waals surface area contributed by atoms with Gasteiger partial charge in [0.05, 0.1) is 33.0 Å². The Balaban J connectivity index is 0.